The van der Waals surface area contributed by atoms with E-state index in [1.165, 1.54) is 0 Å². The van der Waals surface area contributed by atoms with Crippen molar-refractivity contribution >= 4 is 17.4 Å². The quantitative estimate of drug-likeness (QED) is 0.639. The highest BCUT2D eigenvalue weighted by Crippen LogP contribution is 2.21. The van der Waals surface area contributed by atoms with Gasteiger partial charge in [-0.2, -0.15) is 5.10 Å². The molecule has 0 radical (unpaired) electrons. The Balaban J connectivity index is 2.76. The van der Waals surface area contributed by atoms with Crippen LogP contribution >= 0.6 is 0 Å². The molecule has 0 aliphatic carbocycles. The number of nitrogens with two attached hydrogens (primary N) is 1. The molecule has 1 amide bonds. The van der Waals surface area contributed by atoms with Gasteiger partial charge < -0.3 is 16.4 Å². The lowest BCUT2D eigenvalue weighted by atomic mass is 10.3. The Kier molecular flexibility index (Phi) is 3.54. The van der Waals surface area contributed by atoms with E-state index in [-0.39, 0.29) is 12.5 Å². The van der Waals surface area contributed by atoms with Crippen molar-refractivity contribution in [3.05, 3.63) is 5.69 Å². The lowest BCUT2D eigenvalue weighted by molar-refractivity contribution is -0.118. The van der Waals surface area contributed by atoms with Crippen LogP contribution in [0.2, 0.25) is 0 Å². The highest BCUT2D eigenvalue weighted by Gasteiger charge is 2.11. The van der Waals surface area contributed by atoms with Crippen LogP contribution < -0.4 is 16.4 Å². The van der Waals surface area contributed by atoms with Gasteiger partial charge in [0.1, 0.15) is 5.82 Å². The standard InChI is InChI=1S/C9H17N5O/c1-4-6-8(10)9(14(3)13-6)12-5-7(15)11-2/h12H,4-5,10H2,1-3H3,(H,11,15). The average molecular weight is 211 g/mol. The highest BCUT2D eigenvalue weighted by molar-refractivity contribution is 5.81. The van der Waals surface area contributed by atoms with Crippen molar-refractivity contribution < 1.29 is 4.79 Å². The van der Waals surface area contributed by atoms with E-state index in [0.717, 1.165) is 12.1 Å². The molecular weight excluding hydrogens is 194 g/mol. The average Bonchev–Trinajstić information content (AvgIpc) is 2.51. The Morgan fingerprint density at radius 1 is 1.60 bits per heavy atom. The minimum absolute atomic E-state index is 0.0892. The minimum atomic E-state index is -0.0892. The summed E-state index contributed by atoms with van der Waals surface area (Å²) in [6.07, 6.45) is 0.779. The summed E-state index contributed by atoms with van der Waals surface area (Å²) >= 11 is 0. The maximum Gasteiger partial charge on any atom is 0.239 e. The number of aryl methyl sites for hydroxylation is 2. The van der Waals surface area contributed by atoms with Crippen LogP contribution in [0.3, 0.4) is 0 Å². The van der Waals surface area contributed by atoms with Gasteiger partial charge in [0.25, 0.3) is 0 Å². The van der Waals surface area contributed by atoms with E-state index in [4.69, 9.17) is 5.73 Å². The molecule has 0 spiro atoms. The fraction of sp³-hybridized carbons (Fsp3) is 0.556. The van der Waals surface area contributed by atoms with Crippen LogP contribution in [0.4, 0.5) is 11.5 Å². The van der Waals surface area contributed by atoms with E-state index in [1.54, 1.807) is 18.8 Å². The Morgan fingerprint density at radius 2 is 2.27 bits per heavy atom. The second-order valence-electron chi connectivity index (χ2n) is 3.21. The summed E-state index contributed by atoms with van der Waals surface area (Å²) in [5, 5.41) is 9.70. The number of carbonyl (C=O) groups excluding carboxylic acids is 1. The maximum absolute atomic E-state index is 11.0. The number of hydrogen-bond donors (Lipinski definition) is 3. The van der Waals surface area contributed by atoms with Gasteiger partial charge in [0, 0.05) is 14.1 Å². The number of anilines is 2. The van der Waals surface area contributed by atoms with Gasteiger partial charge in [-0.15, -0.1) is 0 Å². The van der Waals surface area contributed by atoms with Gasteiger partial charge in [-0.25, -0.2) is 0 Å². The van der Waals surface area contributed by atoms with Crippen LogP contribution in [-0.2, 0) is 18.3 Å². The van der Waals surface area contributed by atoms with Gasteiger partial charge in [0.05, 0.1) is 17.9 Å². The number of hydrogen-bond acceptors (Lipinski definition) is 4. The molecule has 0 saturated carbocycles. The Morgan fingerprint density at radius 3 is 2.73 bits per heavy atom. The second-order valence-corrected chi connectivity index (χ2v) is 3.21. The molecule has 4 N–H and O–H groups in total. The molecule has 1 aromatic heterocycles. The maximum atomic E-state index is 11.0. The van der Waals surface area contributed by atoms with Gasteiger partial charge in [-0.1, -0.05) is 6.92 Å². The molecule has 0 aromatic carbocycles. The van der Waals surface area contributed by atoms with Crippen molar-refractivity contribution in [2.24, 2.45) is 7.05 Å². The molecule has 1 rings (SSSR count). The number of nitrogens with one attached hydrogen (secondary N) is 2. The first kappa shape index (κ1) is 11.4. The summed E-state index contributed by atoms with van der Waals surface area (Å²) < 4.78 is 1.65. The Bertz CT molecular complexity index is 358. The fourth-order valence-corrected chi connectivity index (χ4v) is 1.32. The van der Waals surface area contributed by atoms with Crippen molar-refractivity contribution in [2.45, 2.75) is 13.3 Å². The first-order chi connectivity index (χ1) is 7.10. The van der Waals surface area contributed by atoms with E-state index >= 15 is 0 Å². The number of carbonyl (C=O) groups is 1. The van der Waals surface area contributed by atoms with Crippen molar-refractivity contribution in [1.29, 1.82) is 0 Å². The van der Waals surface area contributed by atoms with Crippen molar-refractivity contribution in [2.75, 3.05) is 24.6 Å². The van der Waals surface area contributed by atoms with Gasteiger partial charge in [0.2, 0.25) is 5.91 Å². The summed E-state index contributed by atoms with van der Waals surface area (Å²) in [5.74, 6) is 0.601. The predicted molar refractivity (Wildman–Crippen MR) is 59.6 cm³/mol. The SMILES string of the molecule is CCc1nn(C)c(NCC(=O)NC)c1N. The molecule has 6 nitrogen and oxygen atoms in total. The lowest BCUT2D eigenvalue weighted by Gasteiger charge is -2.06. The van der Waals surface area contributed by atoms with Gasteiger partial charge in [0.15, 0.2) is 0 Å². The summed E-state index contributed by atoms with van der Waals surface area (Å²) in [7, 11) is 3.38. The molecule has 6 heteroatoms. The van der Waals surface area contributed by atoms with E-state index < -0.39 is 0 Å². The van der Waals surface area contributed by atoms with Gasteiger partial charge in [-0.3, -0.25) is 9.48 Å². The smallest absolute Gasteiger partial charge is 0.239 e. The normalized spacial score (nSPS) is 10.1. The number of amides is 1. The van der Waals surface area contributed by atoms with E-state index in [0.29, 0.717) is 11.5 Å². The van der Waals surface area contributed by atoms with Crippen molar-refractivity contribution in [3.8, 4) is 0 Å². The van der Waals surface area contributed by atoms with Crippen LogP contribution in [0.5, 0.6) is 0 Å². The summed E-state index contributed by atoms with van der Waals surface area (Å²) in [4.78, 5) is 11.0. The fourth-order valence-electron chi connectivity index (χ4n) is 1.32. The third-order valence-corrected chi connectivity index (χ3v) is 2.19. The van der Waals surface area contributed by atoms with E-state index in [9.17, 15) is 4.79 Å². The summed E-state index contributed by atoms with van der Waals surface area (Å²) in [5.41, 5.74) is 7.32. The topological polar surface area (TPSA) is 85.0 Å². The van der Waals surface area contributed by atoms with Crippen LogP contribution in [0, 0.1) is 0 Å². The zero-order chi connectivity index (χ0) is 11.4. The molecule has 0 saturated heterocycles. The predicted octanol–water partition coefficient (Wildman–Crippen LogP) is -0.277. The lowest BCUT2D eigenvalue weighted by Crippen LogP contribution is -2.27. The van der Waals surface area contributed by atoms with Crippen LogP contribution in [0.25, 0.3) is 0 Å². The molecule has 0 fully saturated rings. The molecular formula is C9H17N5O. The number of rotatable bonds is 4. The van der Waals surface area contributed by atoms with Crippen LogP contribution in [0.1, 0.15) is 12.6 Å². The van der Waals surface area contributed by atoms with Crippen molar-refractivity contribution in [3.63, 3.8) is 0 Å². The molecule has 1 aromatic rings. The largest absolute Gasteiger partial charge is 0.394 e. The molecule has 0 aliphatic rings. The van der Waals surface area contributed by atoms with Crippen molar-refractivity contribution in [1.82, 2.24) is 15.1 Å². The first-order valence-corrected chi connectivity index (χ1v) is 4.85. The molecule has 0 bridgehead atoms. The monoisotopic (exact) mass is 211 g/mol. The molecule has 0 atom stereocenters. The number of nitrogens with zero attached hydrogens (tertiary/aromatic N) is 2. The van der Waals surface area contributed by atoms with E-state index in [2.05, 4.69) is 15.7 Å². The Hall–Kier alpha value is -1.72. The minimum Gasteiger partial charge on any atom is -0.394 e. The zero-order valence-electron chi connectivity index (χ0n) is 9.29. The zero-order valence-corrected chi connectivity index (χ0v) is 9.29. The molecule has 84 valence electrons. The second kappa shape index (κ2) is 4.68. The third-order valence-electron chi connectivity index (χ3n) is 2.19. The summed E-state index contributed by atoms with van der Waals surface area (Å²) in [6.45, 7) is 2.19. The number of nitrogen functional groups attached to an aromatic ring is 1. The highest BCUT2D eigenvalue weighted by atomic mass is 16.1. The van der Waals surface area contributed by atoms with Crippen LogP contribution in [0.15, 0.2) is 0 Å². The Labute approximate surface area is 88.8 Å². The number of likely N-dealkylation sites (N-methyl/N-ethyl adjacent to an activating group) is 1. The molecule has 0 aliphatic heterocycles. The first-order valence-electron chi connectivity index (χ1n) is 4.85. The van der Waals surface area contributed by atoms with Crippen LogP contribution in [-0.4, -0.2) is 29.3 Å². The molecule has 0 unspecified atom stereocenters. The van der Waals surface area contributed by atoms with Gasteiger partial charge in [-0.05, 0) is 6.42 Å². The molecule has 1 heterocycles. The van der Waals surface area contributed by atoms with E-state index in [1.807, 2.05) is 6.92 Å². The van der Waals surface area contributed by atoms with Gasteiger partial charge >= 0.3 is 0 Å². The molecule has 15 heavy (non-hydrogen) atoms. The summed E-state index contributed by atoms with van der Waals surface area (Å²) in [6, 6.07) is 0. The number of aromatic nitrogens is 2. The third kappa shape index (κ3) is 2.39.